The number of benzene rings is 1. The molecule has 2 aromatic rings. The van der Waals surface area contributed by atoms with Gasteiger partial charge in [-0.05, 0) is 24.3 Å². The second-order valence-corrected chi connectivity index (χ2v) is 3.17. The molecule has 1 aromatic carbocycles. The van der Waals surface area contributed by atoms with Gasteiger partial charge < -0.3 is 9.67 Å². The summed E-state index contributed by atoms with van der Waals surface area (Å²) in [6.45, 7) is 0. The van der Waals surface area contributed by atoms with Gasteiger partial charge in [0.1, 0.15) is 5.75 Å². The second kappa shape index (κ2) is 2.97. The molecule has 1 N–H and O–H groups in total. The number of fused-ring (bicyclic) bond motifs is 1. The normalized spacial score (nSPS) is 11.4. The Balaban J connectivity index is 2.73. The Morgan fingerprint density at radius 1 is 1.29 bits per heavy atom. The molecule has 0 unspecified atom stereocenters. The van der Waals surface area contributed by atoms with Crippen molar-refractivity contribution in [1.82, 2.24) is 4.57 Å². The van der Waals surface area contributed by atoms with Crippen LogP contribution in [-0.2, 0) is 7.05 Å². The summed E-state index contributed by atoms with van der Waals surface area (Å²) in [5.41, 5.74) is 0.656. The quantitative estimate of drug-likeness (QED) is 0.747. The molecule has 0 saturated carbocycles. The van der Waals surface area contributed by atoms with Gasteiger partial charge in [0.05, 0.1) is 5.69 Å². The van der Waals surface area contributed by atoms with Crippen molar-refractivity contribution in [2.45, 2.75) is 6.43 Å². The molecule has 1 aromatic heterocycles. The van der Waals surface area contributed by atoms with Crippen molar-refractivity contribution in [2.24, 2.45) is 7.05 Å². The first-order chi connectivity index (χ1) is 6.59. The van der Waals surface area contributed by atoms with Gasteiger partial charge in [-0.2, -0.15) is 0 Å². The average Bonchev–Trinajstić information content (AvgIpc) is 2.43. The Kier molecular flexibility index (Phi) is 1.91. The number of alkyl halides is 2. The molecule has 2 nitrogen and oxygen atoms in total. The van der Waals surface area contributed by atoms with E-state index < -0.39 is 6.43 Å². The summed E-state index contributed by atoms with van der Waals surface area (Å²) in [4.78, 5) is 0. The number of nitrogens with zero attached hydrogens (tertiary/aromatic N) is 1. The van der Waals surface area contributed by atoms with Crippen molar-refractivity contribution in [3.63, 3.8) is 0 Å². The van der Waals surface area contributed by atoms with Crippen LogP contribution in [-0.4, -0.2) is 9.67 Å². The number of hydrogen-bond donors (Lipinski definition) is 1. The average molecular weight is 197 g/mol. The molecule has 14 heavy (non-hydrogen) atoms. The van der Waals surface area contributed by atoms with Crippen LogP contribution in [0.3, 0.4) is 0 Å². The van der Waals surface area contributed by atoms with Crippen molar-refractivity contribution in [2.75, 3.05) is 0 Å². The molecule has 4 heteroatoms. The fourth-order valence-electron chi connectivity index (χ4n) is 1.57. The van der Waals surface area contributed by atoms with E-state index in [1.54, 1.807) is 13.1 Å². The first kappa shape index (κ1) is 8.99. The van der Waals surface area contributed by atoms with E-state index in [1.807, 2.05) is 0 Å². The highest BCUT2D eigenvalue weighted by atomic mass is 19.3. The van der Waals surface area contributed by atoms with Crippen molar-refractivity contribution < 1.29 is 13.9 Å². The fraction of sp³-hybridized carbons (Fsp3) is 0.200. The van der Waals surface area contributed by atoms with Crippen LogP contribution in [0, 0.1) is 0 Å². The van der Waals surface area contributed by atoms with Gasteiger partial charge in [-0.3, -0.25) is 0 Å². The maximum absolute atomic E-state index is 12.5. The van der Waals surface area contributed by atoms with Gasteiger partial charge in [0.25, 0.3) is 6.43 Å². The van der Waals surface area contributed by atoms with Crippen LogP contribution in [0.4, 0.5) is 8.78 Å². The van der Waals surface area contributed by atoms with E-state index in [9.17, 15) is 13.9 Å². The summed E-state index contributed by atoms with van der Waals surface area (Å²) in [5, 5.41) is 9.80. The molecule has 0 aliphatic rings. The Labute approximate surface area is 79.4 Å². The van der Waals surface area contributed by atoms with E-state index in [0.29, 0.717) is 10.9 Å². The van der Waals surface area contributed by atoms with Gasteiger partial charge in [-0.15, -0.1) is 0 Å². The summed E-state index contributed by atoms with van der Waals surface area (Å²) in [7, 11) is 1.58. The lowest BCUT2D eigenvalue weighted by atomic mass is 10.2. The van der Waals surface area contributed by atoms with E-state index >= 15 is 0 Å². The Bertz CT molecular complexity index is 476. The summed E-state index contributed by atoms with van der Waals surface area (Å²) >= 11 is 0. The van der Waals surface area contributed by atoms with E-state index in [4.69, 9.17) is 0 Å². The topological polar surface area (TPSA) is 25.2 Å². The third-order valence-electron chi connectivity index (χ3n) is 2.29. The lowest BCUT2D eigenvalue weighted by molar-refractivity contribution is 0.143. The zero-order valence-corrected chi connectivity index (χ0v) is 7.54. The number of phenols is 1. The maximum Gasteiger partial charge on any atom is 0.278 e. The van der Waals surface area contributed by atoms with Crippen LogP contribution in [0.25, 0.3) is 10.9 Å². The van der Waals surface area contributed by atoms with Crippen LogP contribution < -0.4 is 0 Å². The highest BCUT2D eigenvalue weighted by Crippen LogP contribution is 2.28. The number of rotatable bonds is 1. The van der Waals surface area contributed by atoms with Gasteiger partial charge >= 0.3 is 0 Å². The largest absolute Gasteiger partial charge is 0.508 e. The molecule has 0 radical (unpaired) electrons. The van der Waals surface area contributed by atoms with Crippen molar-refractivity contribution in [1.29, 1.82) is 0 Å². The number of phenolic OH excluding ortho intramolecular Hbond substituents is 1. The molecular weight excluding hydrogens is 188 g/mol. The minimum atomic E-state index is -2.49. The number of hydrogen-bond acceptors (Lipinski definition) is 1. The number of halogens is 2. The third-order valence-corrected chi connectivity index (χ3v) is 2.29. The Morgan fingerprint density at radius 3 is 2.64 bits per heavy atom. The predicted molar refractivity (Wildman–Crippen MR) is 49.5 cm³/mol. The van der Waals surface area contributed by atoms with Crippen molar-refractivity contribution in [3.8, 4) is 5.75 Å². The Morgan fingerprint density at radius 2 is 2.00 bits per heavy atom. The summed E-state index contributed by atoms with van der Waals surface area (Å²) in [5.74, 6) is 0.0870. The van der Waals surface area contributed by atoms with Crippen LogP contribution in [0.2, 0.25) is 0 Å². The molecule has 0 aliphatic heterocycles. The van der Waals surface area contributed by atoms with E-state index in [0.717, 1.165) is 0 Å². The smallest absolute Gasteiger partial charge is 0.278 e. The SMILES string of the molecule is Cn1c(C(F)F)cc2cc(O)ccc21. The molecule has 1 heterocycles. The standard InChI is InChI=1S/C10H9F2NO/c1-13-8-3-2-7(14)4-6(8)5-9(13)10(11)12/h2-5,10,14H,1H3. The van der Waals surface area contributed by atoms with Crippen LogP contribution in [0.1, 0.15) is 12.1 Å². The lowest BCUT2D eigenvalue weighted by Crippen LogP contribution is -1.95. The molecule has 0 amide bonds. The van der Waals surface area contributed by atoms with Gasteiger partial charge in [-0.1, -0.05) is 0 Å². The molecule has 0 atom stereocenters. The van der Waals surface area contributed by atoms with Crippen molar-refractivity contribution >= 4 is 10.9 Å². The highest BCUT2D eigenvalue weighted by molar-refractivity contribution is 5.82. The zero-order valence-electron chi connectivity index (χ0n) is 7.54. The number of aromatic hydroxyl groups is 1. The fourth-order valence-corrected chi connectivity index (χ4v) is 1.57. The summed E-state index contributed by atoms with van der Waals surface area (Å²) in [6, 6.07) is 5.97. The van der Waals surface area contributed by atoms with E-state index in [1.165, 1.54) is 22.8 Å². The maximum atomic E-state index is 12.5. The Hall–Kier alpha value is -1.58. The van der Waals surface area contributed by atoms with Crippen LogP contribution in [0.15, 0.2) is 24.3 Å². The zero-order chi connectivity index (χ0) is 10.3. The highest BCUT2D eigenvalue weighted by Gasteiger charge is 2.14. The van der Waals surface area contributed by atoms with Crippen LogP contribution >= 0.6 is 0 Å². The molecule has 0 bridgehead atoms. The van der Waals surface area contributed by atoms with Gasteiger partial charge in [-0.25, -0.2) is 8.78 Å². The molecule has 2 rings (SSSR count). The summed E-state index contributed by atoms with van der Waals surface area (Å²) < 4.78 is 26.4. The van der Waals surface area contributed by atoms with Crippen LogP contribution in [0.5, 0.6) is 5.75 Å². The second-order valence-electron chi connectivity index (χ2n) is 3.17. The van der Waals surface area contributed by atoms with Gasteiger partial charge in [0.15, 0.2) is 0 Å². The molecule has 0 spiro atoms. The molecule has 0 aliphatic carbocycles. The minimum Gasteiger partial charge on any atom is -0.508 e. The predicted octanol–water partition coefficient (Wildman–Crippen LogP) is 2.82. The molecule has 0 saturated heterocycles. The van der Waals surface area contributed by atoms with Gasteiger partial charge in [0.2, 0.25) is 0 Å². The molecule has 74 valence electrons. The van der Waals surface area contributed by atoms with Gasteiger partial charge in [0, 0.05) is 18.0 Å². The number of aromatic nitrogens is 1. The van der Waals surface area contributed by atoms with E-state index in [-0.39, 0.29) is 11.4 Å². The number of aryl methyl sites for hydroxylation is 1. The minimum absolute atomic E-state index is 0.0365. The summed E-state index contributed by atoms with van der Waals surface area (Å²) in [6.07, 6.45) is -2.49. The molecular formula is C10H9F2NO. The van der Waals surface area contributed by atoms with E-state index in [2.05, 4.69) is 0 Å². The lowest BCUT2D eigenvalue weighted by Gasteiger charge is -2.01. The third kappa shape index (κ3) is 1.23. The monoisotopic (exact) mass is 197 g/mol. The first-order valence-electron chi connectivity index (χ1n) is 4.16. The first-order valence-corrected chi connectivity index (χ1v) is 4.16. The molecule has 0 fully saturated rings. The van der Waals surface area contributed by atoms with Crippen molar-refractivity contribution in [3.05, 3.63) is 30.0 Å².